The minimum Gasteiger partial charge on any atom is -0.456 e. The zero-order chi connectivity index (χ0) is 33.7. The van der Waals surface area contributed by atoms with Crippen LogP contribution < -0.4 is 4.90 Å². The molecule has 0 unspecified atom stereocenters. The lowest BCUT2D eigenvalue weighted by Crippen LogP contribution is -2.09. The smallest absolute Gasteiger partial charge is 0.135 e. The molecule has 0 amide bonds. The van der Waals surface area contributed by atoms with Gasteiger partial charge in [-0.2, -0.15) is 0 Å². The quantitative estimate of drug-likeness (QED) is 0.179. The topological polar surface area (TPSA) is 42.4 Å². The Balaban J connectivity index is 1.02. The maximum absolute atomic E-state index is 6.08. The summed E-state index contributed by atoms with van der Waals surface area (Å²) in [7, 11) is 0. The molecule has 0 aliphatic rings. The van der Waals surface area contributed by atoms with Crippen LogP contribution in [-0.2, 0) is 0 Å². The van der Waals surface area contributed by atoms with Crippen LogP contribution in [0.4, 0.5) is 17.1 Å². The van der Waals surface area contributed by atoms with Gasteiger partial charge in [-0.05, 0) is 118 Å². The van der Waals surface area contributed by atoms with Gasteiger partial charge in [-0.1, -0.05) is 84.9 Å². The van der Waals surface area contributed by atoms with Gasteiger partial charge in [-0.25, -0.2) is 0 Å². The van der Waals surface area contributed by atoms with Gasteiger partial charge in [0.05, 0.1) is 0 Å². The lowest BCUT2D eigenvalue weighted by atomic mass is 10.0. The highest BCUT2D eigenvalue weighted by molar-refractivity contribution is 6.07. The molecule has 3 aromatic heterocycles. The van der Waals surface area contributed by atoms with Gasteiger partial charge in [0.2, 0.25) is 0 Å². The monoisotopic (exact) mass is 654 g/mol. The second-order valence-corrected chi connectivity index (χ2v) is 12.8. The number of hydrogen-bond acceptors (Lipinski definition) is 4. The first-order valence-corrected chi connectivity index (χ1v) is 17.1. The van der Waals surface area contributed by atoms with E-state index >= 15 is 0 Å². The molecular weight excluding hydrogens is 625 g/mol. The van der Waals surface area contributed by atoms with Crippen LogP contribution >= 0.6 is 0 Å². The third-order valence-electron chi connectivity index (χ3n) is 9.81. The van der Waals surface area contributed by atoms with E-state index < -0.39 is 0 Å². The summed E-state index contributed by atoms with van der Waals surface area (Å²) in [5.74, 6) is 0. The highest BCUT2D eigenvalue weighted by Gasteiger charge is 2.15. The van der Waals surface area contributed by atoms with Crippen LogP contribution in [0.1, 0.15) is 0 Å². The summed E-state index contributed by atoms with van der Waals surface area (Å²) in [5.41, 5.74) is 13.7. The Bertz CT molecular complexity index is 2670. The van der Waals surface area contributed by atoms with Gasteiger partial charge < -0.3 is 13.7 Å². The van der Waals surface area contributed by atoms with Crippen molar-refractivity contribution in [3.63, 3.8) is 0 Å². The second-order valence-electron chi connectivity index (χ2n) is 12.8. The number of nitrogens with zero attached hydrogens (tertiary/aromatic N) is 2. The minimum absolute atomic E-state index is 0.902. The Hall–Kier alpha value is -6.91. The van der Waals surface area contributed by atoms with Crippen LogP contribution in [0.3, 0.4) is 0 Å². The van der Waals surface area contributed by atoms with E-state index in [1.54, 1.807) is 0 Å². The molecule has 240 valence electrons. The SMILES string of the molecule is c1ccc2c(c1)oc1ccc(-c3ccc(N(c4ccc(-c5ccncc5)cc4)c4ccc(-c5ccc6oc7ccccc7c6c5)cc4)cc3)cc12. The number of aromatic nitrogens is 1. The maximum atomic E-state index is 6.08. The molecule has 0 radical (unpaired) electrons. The average Bonchev–Trinajstić information content (AvgIpc) is 3.77. The lowest BCUT2D eigenvalue weighted by molar-refractivity contribution is 0.668. The Morgan fingerprint density at radius 3 is 1.12 bits per heavy atom. The summed E-state index contributed by atoms with van der Waals surface area (Å²) < 4.78 is 12.2. The van der Waals surface area contributed by atoms with Gasteiger partial charge >= 0.3 is 0 Å². The molecule has 0 aliphatic heterocycles. The second kappa shape index (κ2) is 11.9. The summed E-state index contributed by atoms with van der Waals surface area (Å²) in [5, 5.41) is 4.52. The van der Waals surface area contributed by atoms with Crippen molar-refractivity contribution in [1.29, 1.82) is 0 Å². The molecule has 4 nitrogen and oxygen atoms in total. The van der Waals surface area contributed by atoms with Crippen LogP contribution in [0.25, 0.3) is 77.3 Å². The largest absolute Gasteiger partial charge is 0.456 e. The fourth-order valence-corrected chi connectivity index (χ4v) is 7.21. The van der Waals surface area contributed by atoms with E-state index in [1.807, 2.05) is 48.8 Å². The summed E-state index contributed by atoms with van der Waals surface area (Å²) in [6.07, 6.45) is 3.66. The summed E-state index contributed by atoms with van der Waals surface area (Å²) in [6.45, 7) is 0. The van der Waals surface area contributed by atoms with Crippen molar-refractivity contribution < 1.29 is 8.83 Å². The molecule has 0 saturated heterocycles. The summed E-state index contributed by atoms with van der Waals surface area (Å²) in [6, 6.07) is 59.7. The number of rotatable bonds is 6. The zero-order valence-electron chi connectivity index (χ0n) is 27.5. The first-order chi connectivity index (χ1) is 25.2. The van der Waals surface area contributed by atoms with Crippen molar-refractivity contribution in [1.82, 2.24) is 4.98 Å². The van der Waals surface area contributed by atoms with E-state index in [4.69, 9.17) is 8.83 Å². The molecular formula is C47H30N2O2. The molecule has 3 heterocycles. The van der Waals surface area contributed by atoms with Crippen LogP contribution in [0.15, 0.2) is 191 Å². The predicted molar refractivity (Wildman–Crippen MR) is 210 cm³/mol. The molecule has 7 aromatic carbocycles. The summed E-state index contributed by atoms with van der Waals surface area (Å²) in [4.78, 5) is 6.50. The highest BCUT2D eigenvalue weighted by Crippen LogP contribution is 2.39. The minimum atomic E-state index is 0.902. The van der Waals surface area contributed by atoms with Gasteiger partial charge in [0.15, 0.2) is 0 Å². The first kappa shape index (κ1) is 29.0. The van der Waals surface area contributed by atoms with Crippen LogP contribution in [0.5, 0.6) is 0 Å². The van der Waals surface area contributed by atoms with E-state index in [0.717, 1.165) is 94.3 Å². The fraction of sp³-hybridized carbons (Fsp3) is 0. The number of benzene rings is 7. The molecule has 0 aliphatic carbocycles. The number of fused-ring (bicyclic) bond motifs is 6. The summed E-state index contributed by atoms with van der Waals surface area (Å²) >= 11 is 0. The van der Waals surface area contributed by atoms with Crippen molar-refractivity contribution in [2.75, 3.05) is 4.90 Å². The number of pyridine rings is 1. The molecule has 10 aromatic rings. The van der Waals surface area contributed by atoms with Crippen molar-refractivity contribution in [3.8, 4) is 33.4 Å². The molecule has 10 rings (SSSR count). The van der Waals surface area contributed by atoms with E-state index in [0.29, 0.717) is 0 Å². The Labute approximate surface area is 294 Å². The van der Waals surface area contributed by atoms with Gasteiger partial charge in [0.25, 0.3) is 0 Å². The number of anilines is 3. The van der Waals surface area contributed by atoms with E-state index in [2.05, 4.69) is 143 Å². The van der Waals surface area contributed by atoms with E-state index in [9.17, 15) is 0 Å². The first-order valence-electron chi connectivity index (χ1n) is 17.1. The standard InChI is InChI=1S/C47H30N2O2/c1-3-7-44-40(5-1)42-29-35(15-23-46(42)50-44)32-11-19-38(20-12-32)49(37-17-9-31(10-18-37)34-25-27-48-28-26-34)39-21-13-33(14-22-39)36-16-24-47-43(30-36)41-6-2-4-8-45(41)51-47/h1-30H. The Morgan fingerprint density at radius 2 is 0.667 bits per heavy atom. The van der Waals surface area contributed by atoms with Crippen molar-refractivity contribution in [3.05, 3.63) is 182 Å². The van der Waals surface area contributed by atoms with Crippen LogP contribution in [0.2, 0.25) is 0 Å². The van der Waals surface area contributed by atoms with Gasteiger partial charge in [-0.3, -0.25) is 4.98 Å². The molecule has 4 heteroatoms. The van der Waals surface area contributed by atoms with Crippen molar-refractivity contribution >= 4 is 60.9 Å². The van der Waals surface area contributed by atoms with Gasteiger partial charge in [-0.15, -0.1) is 0 Å². The normalized spacial score (nSPS) is 11.5. The molecule has 0 fully saturated rings. The number of para-hydroxylation sites is 2. The number of furan rings is 2. The lowest BCUT2D eigenvalue weighted by Gasteiger charge is -2.26. The molecule has 0 N–H and O–H groups in total. The molecule has 0 atom stereocenters. The van der Waals surface area contributed by atoms with Crippen molar-refractivity contribution in [2.45, 2.75) is 0 Å². The maximum Gasteiger partial charge on any atom is 0.135 e. The van der Waals surface area contributed by atoms with Crippen LogP contribution in [0, 0.1) is 0 Å². The highest BCUT2D eigenvalue weighted by atomic mass is 16.3. The fourth-order valence-electron chi connectivity index (χ4n) is 7.21. The van der Waals surface area contributed by atoms with Crippen molar-refractivity contribution in [2.24, 2.45) is 0 Å². The third-order valence-corrected chi connectivity index (χ3v) is 9.81. The van der Waals surface area contributed by atoms with E-state index in [1.165, 1.54) is 0 Å². The molecule has 0 saturated carbocycles. The average molecular weight is 655 g/mol. The molecule has 51 heavy (non-hydrogen) atoms. The molecule has 0 bridgehead atoms. The van der Waals surface area contributed by atoms with Gasteiger partial charge in [0.1, 0.15) is 22.3 Å². The van der Waals surface area contributed by atoms with Gasteiger partial charge in [0, 0.05) is 51.0 Å². The zero-order valence-corrected chi connectivity index (χ0v) is 27.5. The Kier molecular flexibility index (Phi) is 6.78. The molecule has 0 spiro atoms. The predicted octanol–water partition coefficient (Wildman–Crippen LogP) is 13.4. The van der Waals surface area contributed by atoms with Crippen LogP contribution in [-0.4, -0.2) is 4.98 Å². The van der Waals surface area contributed by atoms with E-state index in [-0.39, 0.29) is 0 Å². The Morgan fingerprint density at radius 1 is 0.314 bits per heavy atom. The number of hydrogen-bond donors (Lipinski definition) is 0. The third kappa shape index (κ3) is 5.13.